The molecule has 2 atom stereocenters. The molecule has 7 heteroatoms. The van der Waals surface area contributed by atoms with Crippen LogP contribution in [0.3, 0.4) is 0 Å². The molecule has 0 radical (unpaired) electrons. The van der Waals surface area contributed by atoms with Crippen LogP contribution in [0.2, 0.25) is 0 Å². The van der Waals surface area contributed by atoms with E-state index < -0.39 is 0 Å². The maximum atomic E-state index is 12.4. The third-order valence-electron chi connectivity index (χ3n) is 5.01. The summed E-state index contributed by atoms with van der Waals surface area (Å²) in [6, 6.07) is 0. The van der Waals surface area contributed by atoms with Gasteiger partial charge in [0.1, 0.15) is 11.4 Å². The Bertz CT molecular complexity index is 643. The molecule has 0 aromatic carbocycles. The molecule has 3 rings (SSSR count). The molecule has 1 aromatic rings. The van der Waals surface area contributed by atoms with Gasteiger partial charge in [-0.1, -0.05) is 24.9 Å². The molecule has 1 N–H and O–H groups in total. The van der Waals surface area contributed by atoms with Crippen molar-refractivity contribution in [3.63, 3.8) is 0 Å². The molecule has 1 saturated carbocycles. The van der Waals surface area contributed by atoms with Crippen molar-refractivity contribution in [2.24, 2.45) is 11.8 Å². The molecule has 7 nitrogen and oxygen atoms in total. The molecule has 130 valence electrons. The van der Waals surface area contributed by atoms with Gasteiger partial charge in [0.15, 0.2) is 5.76 Å². The van der Waals surface area contributed by atoms with Crippen LogP contribution in [0.25, 0.3) is 0 Å². The summed E-state index contributed by atoms with van der Waals surface area (Å²) in [6.45, 7) is 3.82. The molecular formula is C17H23N3O4. The van der Waals surface area contributed by atoms with Gasteiger partial charge in [0.25, 0.3) is 0 Å². The van der Waals surface area contributed by atoms with Crippen molar-refractivity contribution in [3.8, 4) is 0 Å². The smallest absolute Gasteiger partial charge is 0.233 e. The lowest BCUT2D eigenvalue weighted by molar-refractivity contribution is -0.140. The summed E-state index contributed by atoms with van der Waals surface area (Å²) in [7, 11) is 0. The Kier molecular flexibility index (Phi) is 4.69. The highest BCUT2D eigenvalue weighted by atomic mass is 16.5. The summed E-state index contributed by atoms with van der Waals surface area (Å²) >= 11 is 0. The molecule has 2 aliphatic rings. The standard InChI is InChI=1S/C17H23N3O4/c1-3-13-15(10(2)19-24-13)18-14(21)8-9-20-16(22)11-6-4-5-7-12(11)17(20)23/h11-12H,3-9H2,1-2H3,(H,18,21)/t11-,12-/m1/s1. The summed E-state index contributed by atoms with van der Waals surface area (Å²) < 4.78 is 5.14. The maximum absolute atomic E-state index is 12.4. The molecule has 0 bridgehead atoms. The summed E-state index contributed by atoms with van der Waals surface area (Å²) in [5.41, 5.74) is 1.22. The molecule has 24 heavy (non-hydrogen) atoms. The van der Waals surface area contributed by atoms with E-state index in [2.05, 4.69) is 10.5 Å². The van der Waals surface area contributed by atoms with E-state index in [0.29, 0.717) is 23.6 Å². The minimum absolute atomic E-state index is 0.0880. The second-order valence-electron chi connectivity index (χ2n) is 6.54. The predicted molar refractivity (Wildman–Crippen MR) is 86.0 cm³/mol. The van der Waals surface area contributed by atoms with Crippen molar-refractivity contribution < 1.29 is 18.9 Å². The molecule has 1 aliphatic carbocycles. The first kappa shape index (κ1) is 16.7. The van der Waals surface area contributed by atoms with Gasteiger partial charge in [-0.05, 0) is 19.8 Å². The Morgan fingerprint density at radius 2 is 1.88 bits per heavy atom. The van der Waals surface area contributed by atoms with Crippen LogP contribution in [0.1, 0.15) is 50.5 Å². The summed E-state index contributed by atoms with van der Waals surface area (Å²) in [5, 5.41) is 6.62. The Labute approximate surface area is 140 Å². The van der Waals surface area contributed by atoms with Crippen LogP contribution in [0.4, 0.5) is 5.69 Å². The molecule has 3 amide bonds. The zero-order valence-electron chi connectivity index (χ0n) is 14.1. The second-order valence-corrected chi connectivity index (χ2v) is 6.54. The number of aryl methyl sites for hydroxylation is 2. The van der Waals surface area contributed by atoms with Crippen LogP contribution in [-0.2, 0) is 20.8 Å². The van der Waals surface area contributed by atoms with Crippen LogP contribution in [0.5, 0.6) is 0 Å². The first-order valence-electron chi connectivity index (χ1n) is 8.63. The lowest BCUT2D eigenvalue weighted by Gasteiger charge is -2.19. The van der Waals surface area contributed by atoms with Gasteiger partial charge in [0.2, 0.25) is 17.7 Å². The summed E-state index contributed by atoms with van der Waals surface area (Å²) in [4.78, 5) is 38.2. The van der Waals surface area contributed by atoms with Gasteiger partial charge in [-0.25, -0.2) is 0 Å². The van der Waals surface area contributed by atoms with Crippen LogP contribution >= 0.6 is 0 Å². The molecule has 0 unspecified atom stereocenters. The third kappa shape index (κ3) is 2.95. The lowest BCUT2D eigenvalue weighted by atomic mass is 9.81. The van der Waals surface area contributed by atoms with Crippen molar-refractivity contribution in [1.82, 2.24) is 10.1 Å². The van der Waals surface area contributed by atoms with Crippen molar-refractivity contribution in [3.05, 3.63) is 11.5 Å². The largest absolute Gasteiger partial charge is 0.359 e. The highest BCUT2D eigenvalue weighted by Gasteiger charge is 2.47. The monoisotopic (exact) mass is 333 g/mol. The molecule has 0 spiro atoms. The quantitative estimate of drug-likeness (QED) is 0.833. The number of anilines is 1. The highest BCUT2D eigenvalue weighted by molar-refractivity contribution is 6.05. The average Bonchev–Trinajstić information content (AvgIpc) is 3.05. The van der Waals surface area contributed by atoms with Crippen molar-refractivity contribution in [2.75, 3.05) is 11.9 Å². The maximum Gasteiger partial charge on any atom is 0.233 e. The molecule has 2 heterocycles. The van der Waals surface area contributed by atoms with E-state index in [1.54, 1.807) is 6.92 Å². The van der Waals surface area contributed by atoms with Gasteiger partial charge in [-0.2, -0.15) is 0 Å². The van der Waals surface area contributed by atoms with Gasteiger partial charge in [0, 0.05) is 19.4 Å². The molecule has 2 fully saturated rings. The van der Waals surface area contributed by atoms with Gasteiger partial charge < -0.3 is 9.84 Å². The van der Waals surface area contributed by atoms with E-state index in [4.69, 9.17) is 4.52 Å². The zero-order chi connectivity index (χ0) is 17.3. The minimum Gasteiger partial charge on any atom is -0.359 e. The number of hydrogen-bond donors (Lipinski definition) is 1. The Balaban J connectivity index is 1.59. The Hall–Kier alpha value is -2.18. The number of aromatic nitrogens is 1. The Morgan fingerprint density at radius 3 is 2.46 bits per heavy atom. The lowest BCUT2D eigenvalue weighted by Crippen LogP contribution is -2.34. The van der Waals surface area contributed by atoms with E-state index in [1.807, 2.05) is 6.92 Å². The number of imide groups is 1. The van der Waals surface area contributed by atoms with Crippen LogP contribution in [0, 0.1) is 18.8 Å². The highest BCUT2D eigenvalue weighted by Crippen LogP contribution is 2.38. The van der Waals surface area contributed by atoms with Crippen molar-refractivity contribution >= 4 is 23.4 Å². The summed E-state index contributed by atoms with van der Waals surface area (Å²) in [6.07, 6.45) is 4.30. The number of nitrogens with zero attached hydrogens (tertiary/aromatic N) is 2. The topological polar surface area (TPSA) is 92.5 Å². The minimum atomic E-state index is -0.244. The molecule has 1 saturated heterocycles. The summed E-state index contributed by atoms with van der Waals surface area (Å²) in [5.74, 6) is -0.157. The fraction of sp³-hybridized carbons (Fsp3) is 0.647. The van der Waals surface area contributed by atoms with Gasteiger partial charge >= 0.3 is 0 Å². The van der Waals surface area contributed by atoms with E-state index >= 15 is 0 Å². The van der Waals surface area contributed by atoms with Crippen LogP contribution in [-0.4, -0.2) is 34.3 Å². The van der Waals surface area contributed by atoms with E-state index in [0.717, 1.165) is 25.7 Å². The zero-order valence-corrected chi connectivity index (χ0v) is 14.1. The van der Waals surface area contributed by atoms with Crippen molar-refractivity contribution in [2.45, 2.75) is 52.4 Å². The second kappa shape index (κ2) is 6.75. The number of carbonyl (C=O) groups excluding carboxylic acids is 3. The number of amides is 3. The number of fused-ring (bicyclic) bond motifs is 1. The van der Waals surface area contributed by atoms with Gasteiger partial charge in [-0.15, -0.1) is 0 Å². The van der Waals surface area contributed by atoms with Gasteiger partial charge in [-0.3, -0.25) is 19.3 Å². The Morgan fingerprint density at radius 1 is 1.25 bits per heavy atom. The molecule has 1 aromatic heterocycles. The van der Waals surface area contributed by atoms with Gasteiger partial charge in [0.05, 0.1) is 11.8 Å². The van der Waals surface area contributed by atoms with Crippen molar-refractivity contribution in [1.29, 1.82) is 0 Å². The fourth-order valence-electron chi connectivity index (χ4n) is 3.68. The third-order valence-corrected chi connectivity index (χ3v) is 5.01. The number of hydrogen-bond acceptors (Lipinski definition) is 5. The average molecular weight is 333 g/mol. The normalized spacial score (nSPS) is 23.5. The number of rotatable bonds is 5. The molecular weight excluding hydrogens is 310 g/mol. The van der Waals surface area contributed by atoms with E-state index in [9.17, 15) is 14.4 Å². The van der Waals surface area contributed by atoms with Crippen LogP contribution < -0.4 is 5.32 Å². The number of carbonyl (C=O) groups is 3. The van der Waals surface area contributed by atoms with E-state index in [1.165, 1.54) is 4.90 Å². The SMILES string of the molecule is CCc1onc(C)c1NC(=O)CCN1C(=O)[C@@H]2CCCC[C@H]2C1=O. The van der Waals surface area contributed by atoms with E-state index in [-0.39, 0.29) is 42.5 Å². The number of likely N-dealkylation sites (tertiary alicyclic amines) is 1. The fourth-order valence-corrected chi connectivity index (χ4v) is 3.68. The first-order chi connectivity index (χ1) is 11.5. The predicted octanol–water partition coefficient (Wildman–Crippen LogP) is 2.05. The van der Waals surface area contributed by atoms with Crippen LogP contribution in [0.15, 0.2) is 4.52 Å². The number of nitrogens with one attached hydrogen (secondary N) is 1. The molecule has 1 aliphatic heterocycles. The first-order valence-corrected chi connectivity index (χ1v) is 8.63.